The molecular weight excluding hydrogens is 354 g/mol. The molecule has 8 heteroatoms. The Hall–Kier alpha value is -2.74. The summed E-state index contributed by atoms with van der Waals surface area (Å²) in [5.41, 5.74) is 6.17. The van der Waals surface area contributed by atoms with Crippen LogP contribution in [0.25, 0.3) is 16.3 Å². The zero-order chi connectivity index (χ0) is 18.5. The number of nitrogens with zero attached hydrogens (tertiary/aromatic N) is 2. The van der Waals surface area contributed by atoms with Crippen LogP contribution in [0.1, 0.15) is 17.8 Å². The Balaban J connectivity index is 1.50. The van der Waals surface area contributed by atoms with E-state index in [4.69, 9.17) is 10.5 Å². The number of likely N-dealkylation sites (tertiary alicyclic amines) is 1. The number of benzene rings is 1. The number of fused-ring (bicyclic) bond motifs is 1. The van der Waals surface area contributed by atoms with Gasteiger partial charge in [0.2, 0.25) is 5.91 Å². The van der Waals surface area contributed by atoms with Gasteiger partial charge in [-0.05, 0) is 31.1 Å². The summed E-state index contributed by atoms with van der Waals surface area (Å²) in [7, 11) is 0. The van der Waals surface area contributed by atoms with Crippen molar-refractivity contribution >= 4 is 45.4 Å². The van der Waals surface area contributed by atoms with Crippen molar-refractivity contribution in [3.8, 4) is 0 Å². The second kappa shape index (κ2) is 8.09. The Bertz CT molecular complexity index is 828. The van der Waals surface area contributed by atoms with Crippen LogP contribution in [0.4, 0.5) is 0 Å². The predicted molar refractivity (Wildman–Crippen MR) is 98.1 cm³/mol. The van der Waals surface area contributed by atoms with Crippen molar-refractivity contribution in [2.24, 2.45) is 11.7 Å². The number of amides is 2. The maximum absolute atomic E-state index is 12.1. The highest BCUT2D eigenvalue weighted by Crippen LogP contribution is 2.22. The number of esters is 1. The van der Waals surface area contributed by atoms with Crippen molar-refractivity contribution in [3.05, 3.63) is 35.3 Å². The minimum absolute atomic E-state index is 0.285. The summed E-state index contributed by atoms with van der Waals surface area (Å²) in [6, 6.07) is 7.69. The van der Waals surface area contributed by atoms with E-state index in [2.05, 4.69) is 4.98 Å². The van der Waals surface area contributed by atoms with Crippen LogP contribution in [0, 0.1) is 5.92 Å². The third-order valence-electron chi connectivity index (χ3n) is 4.19. The van der Waals surface area contributed by atoms with E-state index in [1.807, 2.05) is 24.3 Å². The zero-order valence-electron chi connectivity index (χ0n) is 14.1. The molecule has 0 bridgehead atoms. The van der Waals surface area contributed by atoms with E-state index in [-0.39, 0.29) is 25.0 Å². The van der Waals surface area contributed by atoms with E-state index in [0.29, 0.717) is 24.4 Å². The quantitative estimate of drug-likeness (QED) is 0.633. The Kier molecular flexibility index (Phi) is 5.62. The molecule has 1 saturated heterocycles. The van der Waals surface area contributed by atoms with Gasteiger partial charge in [-0.1, -0.05) is 12.1 Å². The van der Waals surface area contributed by atoms with Gasteiger partial charge < -0.3 is 15.4 Å². The molecule has 2 heterocycles. The number of aromatic nitrogens is 1. The number of ether oxygens (including phenoxy) is 1. The number of piperidine rings is 1. The Morgan fingerprint density at radius 2 is 2.15 bits per heavy atom. The second-order valence-electron chi connectivity index (χ2n) is 6.04. The molecule has 26 heavy (non-hydrogen) atoms. The van der Waals surface area contributed by atoms with Crippen molar-refractivity contribution in [1.82, 2.24) is 9.88 Å². The van der Waals surface area contributed by atoms with Crippen LogP contribution in [0.2, 0.25) is 0 Å². The molecule has 2 aromatic rings. The molecule has 1 aromatic carbocycles. The molecule has 2 amide bonds. The van der Waals surface area contributed by atoms with Crippen molar-refractivity contribution in [2.75, 3.05) is 19.7 Å². The van der Waals surface area contributed by atoms with Gasteiger partial charge in [0, 0.05) is 19.2 Å². The van der Waals surface area contributed by atoms with Crippen molar-refractivity contribution in [3.63, 3.8) is 0 Å². The minimum Gasteiger partial charge on any atom is -0.452 e. The van der Waals surface area contributed by atoms with Gasteiger partial charge in [-0.3, -0.25) is 9.59 Å². The van der Waals surface area contributed by atoms with Gasteiger partial charge in [0.15, 0.2) is 6.61 Å². The van der Waals surface area contributed by atoms with E-state index >= 15 is 0 Å². The van der Waals surface area contributed by atoms with Gasteiger partial charge in [0.1, 0.15) is 5.01 Å². The molecule has 0 aliphatic carbocycles. The van der Waals surface area contributed by atoms with Crippen LogP contribution in [-0.4, -0.2) is 47.4 Å². The smallest absolute Gasteiger partial charge is 0.331 e. The maximum atomic E-state index is 12.1. The van der Waals surface area contributed by atoms with Crippen LogP contribution in [-0.2, 0) is 19.1 Å². The van der Waals surface area contributed by atoms with Gasteiger partial charge in [-0.25, -0.2) is 9.78 Å². The molecule has 0 spiro atoms. The molecule has 0 unspecified atom stereocenters. The molecule has 2 N–H and O–H groups in total. The lowest BCUT2D eigenvalue weighted by Crippen LogP contribution is -2.45. The highest BCUT2D eigenvalue weighted by Gasteiger charge is 2.27. The molecule has 0 saturated carbocycles. The third-order valence-corrected chi connectivity index (χ3v) is 5.19. The Labute approximate surface area is 154 Å². The molecule has 1 aliphatic heterocycles. The monoisotopic (exact) mass is 373 g/mol. The Morgan fingerprint density at radius 3 is 2.92 bits per heavy atom. The fraction of sp³-hybridized carbons (Fsp3) is 0.333. The van der Waals surface area contributed by atoms with Gasteiger partial charge >= 0.3 is 5.97 Å². The normalized spacial score (nSPS) is 17.5. The highest BCUT2D eigenvalue weighted by atomic mass is 32.1. The van der Waals surface area contributed by atoms with Gasteiger partial charge in [0.25, 0.3) is 5.91 Å². The number of para-hydroxylation sites is 1. The van der Waals surface area contributed by atoms with Crippen LogP contribution in [0.3, 0.4) is 0 Å². The Morgan fingerprint density at radius 1 is 1.35 bits per heavy atom. The van der Waals surface area contributed by atoms with Crippen LogP contribution >= 0.6 is 11.3 Å². The SMILES string of the molecule is NC(=O)[C@H]1CCCN(C(=O)COC(=O)/C=C/c2nc3ccccc3s2)C1. The zero-order valence-corrected chi connectivity index (χ0v) is 14.9. The summed E-state index contributed by atoms with van der Waals surface area (Å²) in [6.45, 7) is 0.476. The summed E-state index contributed by atoms with van der Waals surface area (Å²) in [6.07, 6.45) is 4.23. The van der Waals surface area contributed by atoms with Gasteiger partial charge in [-0.2, -0.15) is 0 Å². The van der Waals surface area contributed by atoms with Gasteiger partial charge in [-0.15, -0.1) is 11.3 Å². The summed E-state index contributed by atoms with van der Waals surface area (Å²) < 4.78 is 6.02. The van der Waals surface area contributed by atoms with E-state index in [1.54, 1.807) is 6.08 Å². The molecule has 136 valence electrons. The summed E-state index contributed by atoms with van der Waals surface area (Å²) in [4.78, 5) is 41.1. The predicted octanol–water partition coefficient (Wildman–Crippen LogP) is 1.58. The summed E-state index contributed by atoms with van der Waals surface area (Å²) >= 11 is 1.46. The first-order valence-electron chi connectivity index (χ1n) is 8.30. The average molecular weight is 373 g/mol. The average Bonchev–Trinajstić information content (AvgIpc) is 3.07. The van der Waals surface area contributed by atoms with Gasteiger partial charge in [0.05, 0.1) is 16.1 Å². The number of primary amides is 1. The lowest BCUT2D eigenvalue weighted by atomic mass is 9.97. The first kappa shape index (κ1) is 18.1. The molecule has 1 fully saturated rings. The second-order valence-corrected chi connectivity index (χ2v) is 7.10. The lowest BCUT2D eigenvalue weighted by molar-refractivity contribution is -0.149. The topological polar surface area (TPSA) is 103 Å². The van der Waals surface area contributed by atoms with Crippen LogP contribution < -0.4 is 5.73 Å². The first-order valence-corrected chi connectivity index (χ1v) is 9.12. The van der Waals surface area contributed by atoms with Crippen LogP contribution in [0.5, 0.6) is 0 Å². The van der Waals surface area contributed by atoms with Crippen molar-refractivity contribution in [1.29, 1.82) is 0 Å². The molecule has 1 aromatic heterocycles. The summed E-state index contributed by atoms with van der Waals surface area (Å²) in [5, 5.41) is 0.690. The number of nitrogens with two attached hydrogens (primary N) is 1. The van der Waals surface area contributed by atoms with E-state index in [9.17, 15) is 14.4 Å². The van der Waals surface area contributed by atoms with E-state index < -0.39 is 11.9 Å². The number of carbonyl (C=O) groups excluding carboxylic acids is 3. The molecule has 3 rings (SSSR count). The van der Waals surface area contributed by atoms with Crippen molar-refractivity contribution < 1.29 is 19.1 Å². The fourth-order valence-corrected chi connectivity index (χ4v) is 3.68. The minimum atomic E-state index is -0.610. The fourth-order valence-electron chi connectivity index (χ4n) is 2.81. The third kappa shape index (κ3) is 4.45. The molecular formula is C18H19N3O4S. The van der Waals surface area contributed by atoms with E-state index in [0.717, 1.165) is 10.2 Å². The number of hydrogen-bond acceptors (Lipinski definition) is 6. The first-order chi connectivity index (χ1) is 12.5. The molecule has 0 radical (unpaired) electrons. The standard InChI is InChI=1S/C18H19N3O4S/c19-18(24)12-4-3-9-21(10-12)16(22)11-25-17(23)8-7-15-20-13-5-1-2-6-14(13)26-15/h1-2,5-8,12H,3-4,9-11H2,(H2,19,24)/b8-7+/t12-/m0/s1. The highest BCUT2D eigenvalue weighted by molar-refractivity contribution is 7.19. The largest absolute Gasteiger partial charge is 0.452 e. The number of hydrogen-bond donors (Lipinski definition) is 1. The number of carbonyl (C=O) groups is 3. The molecule has 1 atom stereocenters. The van der Waals surface area contributed by atoms with Crippen molar-refractivity contribution in [2.45, 2.75) is 12.8 Å². The number of rotatable bonds is 5. The maximum Gasteiger partial charge on any atom is 0.331 e. The molecule has 1 aliphatic rings. The molecule has 7 nitrogen and oxygen atoms in total. The lowest BCUT2D eigenvalue weighted by Gasteiger charge is -2.30. The van der Waals surface area contributed by atoms with Crippen LogP contribution in [0.15, 0.2) is 30.3 Å². The summed E-state index contributed by atoms with van der Waals surface area (Å²) in [5.74, 6) is -1.67. The number of thiazole rings is 1. The van der Waals surface area contributed by atoms with E-state index in [1.165, 1.54) is 22.3 Å².